The van der Waals surface area contributed by atoms with Crippen LogP contribution in [-0.4, -0.2) is 21.1 Å². The quantitative estimate of drug-likeness (QED) is 0.888. The average molecular weight is 333 g/mol. The molecule has 0 fully saturated rings. The van der Waals surface area contributed by atoms with E-state index in [4.69, 9.17) is 0 Å². The summed E-state index contributed by atoms with van der Waals surface area (Å²) in [7, 11) is -4.23. The minimum Gasteiger partial charge on any atom is -0.271 e. The van der Waals surface area contributed by atoms with Gasteiger partial charge in [0, 0.05) is 4.47 Å². The van der Waals surface area contributed by atoms with Crippen LogP contribution in [0, 0.1) is 0 Å². The zero-order valence-corrected chi connectivity index (χ0v) is 10.7. The maximum atomic E-state index is 11.8. The first-order chi connectivity index (χ1) is 7.68. The highest BCUT2D eigenvalue weighted by molar-refractivity contribution is 9.10. The van der Waals surface area contributed by atoms with E-state index in [1.807, 2.05) is 4.72 Å². The highest BCUT2D eigenvalue weighted by Crippen LogP contribution is 2.17. The van der Waals surface area contributed by atoms with Crippen LogP contribution in [0.1, 0.15) is 0 Å². The van der Waals surface area contributed by atoms with Crippen LogP contribution in [0.15, 0.2) is 28.7 Å². The highest BCUT2D eigenvalue weighted by Gasteiger charge is 2.29. The first-order valence-electron chi connectivity index (χ1n) is 4.28. The molecule has 2 N–H and O–H groups in total. The van der Waals surface area contributed by atoms with Crippen molar-refractivity contribution < 1.29 is 21.6 Å². The normalized spacial score (nSPS) is 12.5. The van der Waals surface area contributed by atoms with Crippen molar-refractivity contribution in [2.24, 2.45) is 0 Å². The van der Waals surface area contributed by atoms with Gasteiger partial charge in [-0.1, -0.05) is 22.0 Å². The Labute approximate surface area is 105 Å². The Balaban J connectivity index is 2.67. The Bertz CT molecular complexity index is 490. The molecule has 0 bridgehead atoms. The van der Waals surface area contributed by atoms with Crippen molar-refractivity contribution in [2.45, 2.75) is 6.18 Å². The predicted octanol–water partition coefficient (Wildman–Crippen LogP) is 2.26. The summed E-state index contributed by atoms with van der Waals surface area (Å²) in [5.41, 5.74) is 0.161. The van der Waals surface area contributed by atoms with E-state index in [-0.39, 0.29) is 5.69 Å². The van der Waals surface area contributed by atoms with E-state index in [0.717, 1.165) is 0 Å². The minimum atomic E-state index is -4.59. The topological polar surface area (TPSA) is 58.2 Å². The fraction of sp³-hybridized carbons (Fsp3) is 0.250. The van der Waals surface area contributed by atoms with Crippen LogP contribution >= 0.6 is 15.9 Å². The van der Waals surface area contributed by atoms with Crippen molar-refractivity contribution in [3.63, 3.8) is 0 Å². The molecule has 0 aliphatic heterocycles. The molecule has 0 amide bonds. The van der Waals surface area contributed by atoms with Crippen LogP contribution in [0.4, 0.5) is 18.9 Å². The van der Waals surface area contributed by atoms with Gasteiger partial charge in [-0.05, 0) is 18.2 Å². The average Bonchev–Trinajstić information content (AvgIpc) is 2.13. The second kappa shape index (κ2) is 5.23. The number of hydrogen-bond donors (Lipinski definition) is 2. The highest BCUT2D eigenvalue weighted by atomic mass is 79.9. The summed E-state index contributed by atoms with van der Waals surface area (Å²) >= 11 is 3.11. The lowest BCUT2D eigenvalue weighted by Gasteiger charge is -2.11. The summed E-state index contributed by atoms with van der Waals surface area (Å²) in [5.74, 6) is 0. The summed E-state index contributed by atoms with van der Waals surface area (Å²) in [6, 6.07) is 6.04. The largest absolute Gasteiger partial charge is 0.402 e. The summed E-state index contributed by atoms with van der Waals surface area (Å²) in [6.45, 7) is -1.61. The maximum absolute atomic E-state index is 11.8. The molecule has 0 aliphatic rings. The molecule has 1 aromatic carbocycles. The first-order valence-corrected chi connectivity index (χ1v) is 6.55. The number of rotatable bonds is 4. The number of alkyl halides is 3. The third-order valence-electron chi connectivity index (χ3n) is 1.54. The van der Waals surface area contributed by atoms with Crippen LogP contribution in [0.25, 0.3) is 0 Å². The molecule has 1 rings (SSSR count). The molecule has 96 valence electrons. The van der Waals surface area contributed by atoms with Gasteiger partial charge in [-0.3, -0.25) is 4.72 Å². The van der Waals surface area contributed by atoms with E-state index in [1.54, 1.807) is 12.1 Å². The summed E-state index contributed by atoms with van der Waals surface area (Å²) < 4.78 is 61.9. The molecule has 0 unspecified atom stereocenters. The zero-order chi connectivity index (χ0) is 13.1. The summed E-state index contributed by atoms with van der Waals surface area (Å²) in [5, 5.41) is 0. The molecule has 1 aromatic rings. The lowest BCUT2D eigenvalue weighted by molar-refractivity contribution is -0.121. The first kappa shape index (κ1) is 14.3. The molecule has 0 aliphatic carbocycles. The number of hydrogen-bond acceptors (Lipinski definition) is 2. The molecular formula is C8H8BrF3N2O2S. The Morgan fingerprint density at radius 1 is 1.29 bits per heavy atom. The van der Waals surface area contributed by atoms with Gasteiger partial charge in [0.1, 0.15) is 6.54 Å². The van der Waals surface area contributed by atoms with Crippen molar-refractivity contribution in [1.29, 1.82) is 0 Å². The lowest BCUT2D eigenvalue weighted by atomic mass is 10.3. The van der Waals surface area contributed by atoms with E-state index >= 15 is 0 Å². The molecule has 9 heteroatoms. The monoisotopic (exact) mass is 332 g/mol. The Kier molecular flexibility index (Phi) is 4.39. The Hall–Kier alpha value is -0.800. The second-order valence-electron chi connectivity index (χ2n) is 3.05. The molecule has 4 nitrogen and oxygen atoms in total. The standard InChI is InChI=1S/C8H8BrF3N2O2S/c9-6-2-1-3-7(4-6)14-17(15,16)13-5-8(10,11)12/h1-4,13-14H,5H2. The SMILES string of the molecule is O=S(=O)(NCC(F)(F)F)Nc1cccc(Br)c1. The van der Waals surface area contributed by atoms with Gasteiger partial charge in [0.05, 0.1) is 5.69 Å². The molecule has 0 saturated carbocycles. The van der Waals surface area contributed by atoms with Crippen molar-refractivity contribution in [3.05, 3.63) is 28.7 Å². The van der Waals surface area contributed by atoms with Crippen molar-refractivity contribution in [1.82, 2.24) is 4.72 Å². The van der Waals surface area contributed by atoms with Gasteiger partial charge in [-0.25, -0.2) is 0 Å². The van der Waals surface area contributed by atoms with E-state index in [1.165, 1.54) is 16.9 Å². The summed E-state index contributed by atoms with van der Waals surface area (Å²) in [4.78, 5) is 0. The van der Waals surface area contributed by atoms with Crippen LogP contribution < -0.4 is 9.44 Å². The molecule has 0 radical (unpaired) electrons. The number of anilines is 1. The second-order valence-corrected chi connectivity index (χ2v) is 5.47. The Morgan fingerprint density at radius 3 is 2.47 bits per heavy atom. The van der Waals surface area contributed by atoms with E-state index < -0.39 is 22.9 Å². The van der Waals surface area contributed by atoms with Crippen LogP contribution in [0.5, 0.6) is 0 Å². The van der Waals surface area contributed by atoms with Gasteiger partial charge in [0.25, 0.3) is 10.2 Å². The Morgan fingerprint density at radius 2 is 1.94 bits per heavy atom. The molecule has 0 spiro atoms. The van der Waals surface area contributed by atoms with E-state index in [2.05, 4.69) is 15.9 Å². The van der Waals surface area contributed by atoms with Gasteiger partial charge in [-0.2, -0.15) is 26.3 Å². The minimum absolute atomic E-state index is 0.161. The molecular weight excluding hydrogens is 325 g/mol. The molecule has 0 aromatic heterocycles. The lowest BCUT2D eigenvalue weighted by Crippen LogP contribution is -2.37. The van der Waals surface area contributed by atoms with Crippen molar-refractivity contribution >= 4 is 31.8 Å². The zero-order valence-electron chi connectivity index (χ0n) is 8.25. The van der Waals surface area contributed by atoms with Crippen molar-refractivity contribution in [3.8, 4) is 0 Å². The fourth-order valence-corrected chi connectivity index (χ4v) is 2.18. The van der Waals surface area contributed by atoms with Crippen LogP contribution in [0.3, 0.4) is 0 Å². The van der Waals surface area contributed by atoms with Crippen molar-refractivity contribution in [2.75, 3.05) is 11.3 Å². The number of halogens is 4. The van der Waals surface area contributed by atoms with Gasteiger partial charge in [0.2, 0.25) is 0 Å². The van der Waals surface area contributed by atoms with E-state index in [9.17, 15) is 21.6 Å². The van der Waals surface area contributed by atoms with Gasteiger partial charge >= 0.3 is 6.18 Å². The fourth-order valence-electron chi connectivity index (χ4n) is 0.920. The third kappa shape index (κ3) is 5.89. The molecule has 17 heavy (non-hydrogen) atoms. The van der Waals surface area contributed by atoms with Crippen LogP contribution in [0.2, 0.25) is 0 Å². The maximum Gasteiger partial charge on any atom is 0.402 e. The van der Waals surface area contributed by atoms with E-state index in [0.29, 0.717) is 4.47 Å². The predicted molar refractivity (Wildman–Crippen MR) is 60.7 cm³/mol. The number of nitrogens with one attached hydrogen (secondary N) is 2. The molecule has 0 atom stereocenters. The molecule has 0 heterocycles. The van der Waals surface area contributed by atoms with Gasteiger partial charge in [0.15, 0.2) is 0 Å². The molecule has 0 saturated heterocycles. The summed E-state index contributed by atoms with van der Waals surface area (Å²) in [6.07, 6.45) is -4.59. The van der Waals surface area contributed by atoms with Gasteiger partial charge in [-0.15, -0.1) is 0 Å². The van der Waals surface area contributed by atoms with Gasteiger partial charge < -0.3 is 0 Å². The van der Waals surface area contributed by atoms with Crippen LogP contribution in [-0.2, 0) is 10.2 Å². The number of benzene rings is 1. The third-order valence-corrected chi connectivity index (χ3v) is 3.06. The smallest absolute Gasteiger partial charge is 0.271 e.